The average molecular weight is 484 g/mol. The molecule has 0 spiro atoms. The summed E-state index contributed by atoms with van der Waals surface area (Å²) in [4.78, 5) is 33.7. The number of nitrogens with one attached hydrogen (secondary N) is 1. The number of carbonyl (C=O) groups excluding carboxylic acids is 2. The number of rotatable bonds is 8. The molecule has 1 aliphatic rings. The van der Waals surface area contributed by atoms with Gasteiger partial charge in [-0.1, -0.05) is 30.3 Å². The van der Waals surface area contributed by atoms with Crippen LogP contribution in [0.5, 0.6) is 0 Å². The molecular weight excluding hydrogens is 454 g/mol. The molecule has 0 bridgehead atoms. The maximum absolute atomic E-state index is 12.6. The molecule has 0 unspecified atom stereocenters. The Labute approximate surface area is 199 Å². The lowest BCUT2D eigenvalue weighted by Gasteiger charge is -2.36. The van der Waals surface area contributed by atoms with Crippen molar-refractivity contribution < 1.29 is 18.0 Å². The molecule has 0 atom stereocenters. The number of anilines is 1. The zero-order valence-corrected chi connectivity index (χ0v) is 20.0. The third-order valence-electron chi connectivity index (χ3n) is 5.84. The average Bonchev–Trinajstić information content (AvgIpc) is 3.15. The first-order chi connectivity index (χ1) is 16.3. The number of nitrogens with zero attached hydrogens (tertiary/aromatic N) is 4. The molecule has 0 aliphatic carbocycles. The van der Waals surface area contributed by atoms with E-state index in [0.29, 0.717) is 29.9 Å². The molecule has 0 saturated carbocycles. The van der Waals surface area contributed by atoms with Crippen LogP contribution in [-0.4, -0.2) is 73.7 Å². The number of hydrogen-bond acceptors (Lipinski definition) is 6. The third kappa shape index (κ3) is 5.93. The van der Waals surface area contributed by atoms with Gasteiger partial charge in [-0.2, -0.15) is 0 Å². The highest BCUT2D eigenvalue weighted by Crippen LogP contribution is 2.18. The minimum absolute atomic E-state index is 0.0128. The molecule has 2 aromatic carbocycles. The fraction of sp³-hybridized carbons (Fsp3) is 0.375. The Balaban J connectivity index is 1.28. The Morgan fingerprint density at radius 3 is 2.35 bits per heavy atom. The fourth-order valence-electron chi connectivity index (χ4n) is 4.17. The standard InChI is InChI=1S/C24H29N5O4S/c1-34(32,33)18-22-26-20-9-5-6-10-21(20)29(22)17-23(30)25-12-11-24(31)28-15-13-27(14-16-28)19-7-3-2-4-8-19/h2-10H,11-18H2,1H3,(H,25,30). The lowest BCUT2D eigenvalue weighted by atomic mass is 10.2. The van der Waals surface area contributed by atoms with Gasteiger partial charge in [0.05, 0.1) is 11.0 Å². The van der Waals surface area contributed by atoms with Crippen molar-refractivity contribution in [2.75, 3.05) is 43.9 Å². The molecule has 2 heterocycles. The van der Waals surface area contributed by atoms with E-state index < -0.39 is 9.84 Å². The van der Waals surface area contributed by atoms with Gasteiger partial charge in [-0.05, 0) is 24.3 Å². The summed E-state index contributed by atoms with van der Waals surface area (Å²) in [6.45, 7) is 3.02. The van der Waals surface area contributed by atoms with Crippen molar-refractivity contribution in [2.45, 2.75) is 18.7 Å². The second kappa shape index (κ2) is 10.3. The summed E-state index contributed by atoms with van der Waals surface area (Å²) in [6, 6.07) is 17.4. The molecule has 1 fully saturated rings. The largest absolute Gasteiger partial charge is 0.368 e. The molecule has 9 nitrogen and oxygen atoms in total. The summed E-state index contributed by atoms with van der Waals surface area (Å²) in [7, 11) is -3.31. The van der Waals surface area contributed by atoms with Crippen molar-refractivity contribution >= 4 is 38.4 Å². The number of amides is 2. The lowest BCUT2D eigenvalue weighted by molar-refractivity contribution is -0.131. The minimum Gasteiger partial charge on any atom is -0.368 e. The van der Waals surface area contributed by atoms with Crippen molar-refractivity contribution in [1.82, 2.24) is 19.8 Å². The van der Waals surface area contributed by atoms with Crippen LogP contribution in [0, 0.1) is 0 Å². The van der Waals surface area contributed by atoms with Gasteiger partial charge in [0, 0.05) is 51.1 Å². The van der Waals surface area contributed by atoms with Gasteiger partial charge in [0.15, 0.2) is 9.84 Å². The topological polar surface area (TPSA) is 105 Å². The van der Waals surface area contributed by atoms with E-state index in [2.05, 4.69) is 27.3 Å². The Kier molecular flexibility index (Phi) is 7.16. The van der Waals surface area contributed by atoms with Crippen molar-refractivity contribution in [3.63, 3.8) is 0 Å². The van der Waals surface area contributed by atoms with E-state index in [1.54, 1.807) is 16.7 Å². The summed E-state index contributed by atoms with van der Waals surface area (Å²) >= 11 is 0. The lowest BCUT2D eigenvalue weighted by Crippen LogP contribution is -2.49. The maximum atomic E-state index is 12.6. The Bertz CT molecular complexity index is 1270. The quantitative estimate of drug-likeness (QED) is 0.520. The molecule has 1 N–H and O–H groups in total. The number of hydrogen-bond donors (Lipinski definition) is 1. The van der Waals surface area contributed by atoms with Gasteiger partial charge in [-0.25, -0.2) is 13.4 Å². The molecule has 1 aliphatic heterocycles. The van der Waals surface area contributed by atoms with E-state index in [0.717, 1.165) is 25.0 Å². The van der Waals surface area contributed by atoms with Crippen molar-refractivity contribution in [1.29, 1.82) is 0 Å². The normalized spacial score (nSPS) is 14.4. The molecule has 2 amide bonds. The van der Waals surface area contributed by atoms with Gasteiger partial charge in [-0.3, -0.25) is 9.59 Å². The number of sulfone groups is 1. The number of fused-ring (bicyclic) bond motifs is 1. The molecule has 10 heteroatoms. The van der Waals surface area contributed by atoms with E-state index in [4.69, 9.17) is 0 Å². The fourth-order valence-corrected chi connectivity index (χ4v) is 4.86. The number of benzene rings is 2. The number of piperazine rings is 1. The van der Waals surface area contributed by atoms with Crippen molar-refractivity contribution in [3.05, 3.63) is 60.4 Å². The van der Waals surface area contributed by atoms with Gasteiger partial charge < -0.3 is 19.7 Å². The summed E-state index contributed by atoms with van der Waals surface area (Å²) in [5, 5.41) is 2.79. The smallest absolute Gasteiger partial charge is 0.240 e. The van der Waals surface area contributed by atoms with Crippen molar-refractivity contribution in [2.24, 2.45) is 0 Å². The van der Waals surface area contributed by atoms with Crippen LogP contribution in [0.2, 0.25) is 0 Å². The Morgan fingerprint density at radius 2 is 1.65 bits per heavy atom. The van der Waals surface area contributed by atoms with Crippen molar-refractivity contribution in [3.8, 4) is 0 Å². The van der Waals surface area contributed by atoms with Crippen LogP contribution >= 0.6 is 0 Å². The van der Waals surface area contributed by atoms with Gasteiger partial charge in [0.25, 0.3) is 0 Å². The van der Waals surface area contributed by atoms with E-state index >= 15 is 0 Å². The molecule has 0 radical (unpaired) electrons. The highest BCUT2D eigenvalue weighted by Gasteiger charge is 2.21. The highest BCUT2D eigenvalue weighted by molar-refractivity contribution is 7.89. The van der Waals surface area contributed by atoms with E-state index in [1.807, 2.05) is 35.2 Å². The van der Waals surface area contributed by atoms with Crippen LogP contribution in [0.15, 0.2) is 54.6 Å². The molecule has 34 heavy (non-hydrogen) atoms. The second-order valence-electron chi connectivity index (χ2n) is 8.48. The van der Waals surface area contributed by atoms with Crippen LogP contribution in [0.3, 0.4) is 0 Å². The summed E-state index contributed by atoms with van der Waals surface area (Å²) in [5.41, 5.74) is 2.49. The van der Waals surface area contributed by atoms with Gasteiger partial charge in [0.2, 0.25) is 11.8 Å². The Morgan fingerprint density at radius 1 is 0.971 bits per heavy atom. The highest BCUT2D eigenvalue weighted by atomic mass is 32.2. The predicted molar refractivity (Wildman–Crippen MR) is 131 cm³/mol. The van der Waals surface area contributed by atoms with Crippen LogP contribution in [0.25, 0.3) is 11.0 Å². The zero-order valence-electron chi connectivity index (χ0n) is 19.2. The molecule has 1 aromatic heterocycles. The first-order valence-electron chi connectivity index (χ1n) is 11.3. The monoisotopic (exact) mass is 483 g/mol. The van der Waals surface area contributed by atoms with E-state index in [9.17, 15) is 18.0 Å². The SMILES string of the molecule is CS(=O)(=O)Cc1nc2ccccc2n1CC(=O)NCCC(=O)N1CCN(c2ccccc2)CC1. The van der Waals surface area contributed by atoms with Gasteiger partial charge in [0.1, 0.15) is 18.1 Å². The molecule has 1 saturated heterocycles. The number of carbonyl (C=O) groups is 2. The van der Waals surface area contributed by atoms with Crippen LogP contribution in [0.4, 0.5) is 5.69 Å². The van der Waals surface area contributed by atoms with E-state index in [-0.39, 0.29) is 37.1 Å². The first kappa shape index (κ1) is 23.7. The first-order valence-corrected chi connectivity index (χ1v) is 13.3. The van der Waals surface area contributed by atoms with Gasteiger partial charge in [-0.15, -0.1) is 0 Å². The predicted octanol–water partition coefficient (Wildman–Crippen LogP) is 1.44. The molecule has 180 valence electrons. The zero-order chi connectivity index (χ0) is 24.1. The summed E-state index contributed by atoms with van der Waals surface area (Å²) in [6.07, 6.45) is 1.36. The summed E-state index contributed by atoms with van der Waals surface area (Å²) < 4.78 is 25.3. The third-order valence-corrected chi connectivity index (χ3v) is 6.62. The molecular formula is C24H29N5O4S. The number of aromatic nitrogens is 2. The maximum Gasteiger partial charge on any atom is 0.240 e. The minimum atomic E-state index is -3.31. The van der Waals surface area contributed by atoms with Crippen LogP contribution in [-0.2, 0) is 31.7 Å². The van der Waals surface area contributed by atoms with E-state index in [1.165, 1.54) is 0 Å². The Hall–Kier alpha value is -3.40. The van der Waals surface area contributed by atoms with Crippen LogP contribution < -0.4 is 10.2 Å². The molecule has 3 aromatic rings. The van der Waals surface area contributed by atoms with Gasteiger partial charge >= 0.3 is 0 Å². The number of para-hydroxylation sites is 3. The second-order valence-corrected chi connectivity index (χ2v) is 10.6. The van der Waals surface area contributed by atoms with Crippen LogP contribution in [0.1, 0.15) is 12.2 Å². The molecule has 4 rings (SSSR count). The number of imidazole rings is 1. The summed E-state index contributed by atoms with van der Waals surface area (Å²) in [5.74, 6) is -0.202.